The Morgan fingerprint density at radius 3 is 2.95 bits per heavy atom. The van der Waals surface area contributed by atoms with E-state index in [2.05, 4.69) is 20.9 Å². The molecular formula is C14H14BrNO3S. The first-order chi connectivity index (χ1) is 9.54. The largest absolute Gasteiger partial charge is 0.507 e. The molecule has 0 bridgehead atoms. The number of aromatic nitrogens is 1. The van der Waals surface area contributed by atoms with Gasteiger partial charge in [-0.15, -0.1) is 11.3 Å². The number of hydrogen-bond donors (Lipinski definition) is 2. The Morgan fingerprint density at radius 2 is 2.20 bits per heavy atom. The minimum atomic E-state index is -0.698. The van der Waals surface area contributed by atoms with Crippen molar-refractivity contribution in [1.29, 1.82) is 0 Å². The third kappa shape index (κ3) is 2.54. The van der Waals surface area contributed by atoms with Gasteiger partial charge in [-0.25, -0.2) is 4.98 Å². The van der Waals surface area contributed by atoms with Crippen LogP contribution in [0.15, 0.2) is 16.6 Å². The Labute approximate surface area is 128 Å². The first-order valence-corrected chi connectivity index (χ1v) is 8.17. The van der Waals surface area contributed by atoms with Crippen LogP contribution < -0.4 is 0 Å². The summed E-state index contributed by atoms with van der Waals surface area (Å²) in [5.41, 5.74) is 0.781. The molecule has 0 aliphatic heterocycles. The smallest absolute Gasteiger partial charge is 0.306 e. The second-order valence-corrected chi connectivity index (χ2v) is 7.14. The minimum Gasteiger partial charge on any atom is -0.507 e. The molecule has 1 aliphatic rings. The molecule has 1 aromatic carbocycles. The molecule has 2 aromatic rings. The second kappa shape index (κ2) is 5.33. The summed E-state index contributed by atoms with van der Waals surface area (Å²) >= 11 is 4.90. The second-order valence-electron chi connectivity index (χ2n) is 5.22. The van der Waals surface area contributed by atoms with Crippen molar-refractivity contribution in [3.63, 3.8) is 0 Å². The summed E-state index contributed by atoms with van der Waals surface area (Å²) in [5, 5.41) is 19.8. The average molecular weight is 356 g/mol. The van der Waals surface area contributed by atoms with Crippen LogP contribution in [0.25, 0.3) is 10.2 Å². The van der Waals surface area contributed by atoms with Gasteiger partial charge in [0.05, 0.1) is 25.6 Å². The lowest BCUT2D eigenvalue weighted by Crippen LogP contribution is -2.21. The molecule has 2 atom stereocenters. The average Bonchev–Trinajstić information content (AvgIpc) is 2.82. The van der Waals surface area contributed by atoms with Gasteiger partial charge in [0.25, 0.3) is 0 Å². The molecule has 0 saturated heterocycles. The number of fused-ring (bicyclic) bond motifs is 1. The van der Waals surface area contributed by atoms with E-state index in [4.69, 9.17) is 5.11 Å². The van der Waals surface area contributed by atoms with Gasteiger partial charge in [-0.2, -0.15) is 0 Å². The highest BCUT2D eigenvalue weighted by atomic mass is 79.9. The zero-order valence-corrected chi connectivity index (χ0v) is 13.1. The molecule has 0 spiro atoms. The van der Waals surface area contributed by atoms with Gasteiger partial charge >= 0.3 is 5.97 Å². The molecule has 6 heteroatoms. The van der Waals surface area contributed by atoms with E-state index in [-0.39, 0.29) is 17.6 Å². The topological polar surface area (TPSA) is 70.4 Å². The van der Waals surface area contributed by atoms with E-state index in [0.717, 1.165) is 34.5 Å². The fourth-order valence-electron chi connectivity index (χ4n) is 2.77. The molecule has 4 nitrogen and oxygen atoms in total. The van der Waals surface area contributed by atoms with E-state index in [1.165, 1.54) is 0 Å². The lowest BCUT2D eigenvalue weighted by molar-refractivity contribution is -0.142. The first-order valence-electron chi connectivity index (χ1n) is 6.56. The quantitative estimate of drug-likeness (QED) is 0.849. The lowest BCUT2D eigenvalue weighted by Gasteiger charge is -2.24. The van der Waals surface area contributed by atoms with Crippen LogP contribution in [-0.2, 0) is 4.79 Å². The molecule has 106 valence electrons. The maximum atomic E-state index is 11.1. The van der Waals surface area contributed by atoms with Gasteiger partial charge < -0.3 is 10.2 Å². The monoisotopic (exact) mass is 355 g/mol. The number of phenolic OH excluding ortho intramolecular Hbond substituents is 1. The zero-order chi connectivity index (χ0) is 14.3. The van der Waals surface area contributed by atoms with Gasteiger partial charge in [-0.05, 0) is 41.3 Å². The lowest BCUT2D eigenvalue weighted by atomic mass is 9.82. The van der Waals surface area contributed by atoms with E-state index in [1.807, 2.05) is 6.07 Å². The van der Waals surface area contributed by atoms with Crippen LogP contribution in [0, 0.1) is 5.92 Å². The first kappa shape index (κ1) is 13.8. The highest BCUT2D eigenvalue weighted by molar-refractivity contribution is 9.10. The third-order valence-electron chi connectivity index (χ3n) is 3.85. The number of benzene rings is 1. The van der Waals surface area contributed by atoms with Crippen LogP contribution in [0.3, 0.4) is 0 Å². The summed E-state index contributed by atoms with van der Waals surface area (Å²) in [6.45, 7) is 0. The number of carbonyl (C=O) groups is 1. The summed E-state index contributed by atoms with van der Waals surface area (Å²) in [7, 11) is 0. The van der Waals surface area contributed by atoms with Crippen molar-refractivity contribution in [2.24, 2.45) is 5.92 Å². The number of nitrogens with zero attached hydrogens (tertiary/aromatic N) is 1. The Balaban J connectivity index is 1.92. The van der Waals surface area contributed by atoms with Crippen molar-refractivity contribution < 1.29 is 15.0 Å². The van der Waals surface area contributed by atoms with E-state index in [1.54, 1.807) is 17.4 Å². The van der Waals surface area contributed by atoms with E-state index < -0.39 is 5.97 Å². The number of aromatic hydroxyl groups is 1. The number of hydrogen-bond acceptors (Lipinski definition) is 4. The molecule has 1 heterocycles. The highest BCUT2D eigenvalue weighted by Crippen LogP contribution is 2.41. The van der Waals surface area contributed by atoms with Crippen molar-refractivity contribution in [2.45, 2.75) is 31.6 Å². The standard InChI is InChI=1S/C14H14BrNO3S/c15-9-5-12-10(6-11(9)17)16-13(20-12)7-2-1-3-8(4-7)14(18)19/h5-8,17H,1-4H2,(H,18,19)/t7-,8?/m1/s1. The van der Waals surface area contributed by atoms with E-state index >= 15 is 0 Å². The molecular weight excluding hydrogens is 342 g/mol. The molecule has 1 saturated carbocycles. The fraction of sp³-hybridized carbons (Fsp3) is 0.429. The van der Waals surface area contributed by atoms with Crippen molar-refractivity contribution >= 4 is 43.5 Å². The van der Waals surface area contributed by atoms with Gasteiger partial charge in [0.1, 0.15) is 5.75 Å². The summed E-state index contributed by atoms with van der Waals surface area (Å²) in [6, 6.07) is 3.51. The number of halogens is 1. The maximum absolute atomic E-state index is 11.1. The third-order valence-corrected chi connectivity index (χ3v) is 5.66. The number of phenols is 1. The summed E-state index contributed by atoms with van der Waals surface area (Å²) < 4.78 is 1.68. The number of rotatable bonds is 2. The predicted molar refractivity (Wildman–Crippen MR) is 81.3 cm³/mol. The van der Waals surface area contributed by atoms with Crippen LogP contribution in [0.2, 0.25) is 0 Å². The number of carboxylic acid groups (broad SMARTS) is 1. The van der Waals surface area contributed by atoms with Crippen LogP contribution in [0.1, 0.15) is 36.6 Å². The van der Waals surface area contributed by atoms with Crippen LogP contribution >= 0.6 is 27.3 Å². The summed E-state index contributed by atoms with van der Waals surface area (Å²) in [5.74, 6) is -0.540. The van der Waals surface area contributed by atoms with Crippen molar-refractivity contribution in [2.75, 3.05) is 0 Å². The van der Waals surface area contributed by atoms with Crippen LogP contribution in [-0.4, -0.2) is 21.2 Å². The maximum Gasteiger partial charge on any atom is 0.306 e. The molecule has 1 aromatic heterocycles. The molecule has 3 rings (SSSR count). The Kier molecular flexibility index (Phi) is 3.69. The summed E-state index contributed by atoms with van der Waals surface area (Å²) in [4.78, 5) is 15.7. The highest BCUT2D eigenvalue weighted by Gasteiger charge is 2.29. The molecule has 1 unspecified atom stereocenters. The summed E-state index contributed by atoms with van der Waals surface area (Å²) in [6.07, 6.45) is 3.37. The van der Waals surface area contributed by atoms with Gasteiger partial charge in [-0.3, -0.25) is 4.79 Å². The number of aliphatic carboxylic acids is 1. The van der Waals surface area contributed by atoms with Gasteiger partial charge in [-0.1, -0.05) is 6.42 Å². The van der Waals surface area contributed by atoms with E-state index in [9.17, 15) is 9.90 Å². The zero-order valence-electron chi connectivity index (χ0n) is 10.7. The minimum absolute atomic E-state index is 0.182. The van der Waals surface area contributed by atoms with E-state index in [0.29, 0.717) is 10.9 Å². The van der Waals surface area contributed by atoms with Gasteiger partial charge in [0, 0.05) is 12.0 Å². The fourth-order valence-corrected chi connectivity index (χ4v) is 4.40. The van der Waals surface area contributed by atoms with Gasteiger partial charge in [0.15, 0.2) is 0 Å². The van der Waals surface area contributed by atoms with Crippen molar-refractivity contribution in [3.8, 4) is 5.75 Å². The molecule has 2 N–H and O–H groups in total. The SMILES string of the molecule is O=C(O)C1CCC[C@@H](c2nc3cc(O)c(Br)cc3s2)C1. The Morgan fingerprint density at radius 1 is 1.40 bits per heavy atom. The van der Waals surface area contributed by atoms with Gasteiger partial charge in [0.2, 0.25) is 0 Å². The Hall–Kier alpha value is -1.14. The Bertz CT molecular complexity index is 631. The molecule has 0 radical (unpaired) electrons. The van der Waals surface area contributed by atoms with Crippen LogP contribution in [0.5, 0.6) is 5.75 Å². The normalized spacial score (nSPS) is 23.1. The predicted octanol–water partition coefficient (Wildman–Crippen LogP) is 4.12. The molecule has 20 heavy (non-hydrogen) atoms. The number of thiazole rings is 1. The number of carboxylic acids is 1. The van der Waals surface area contributed by atoms with Crippen molar-refractivity contribution in [3.05, 3.63) is 21.6 Å². The van der Waals surface area contributed by atoms with Crippen LogP contribution in [0.4, 0.5) is 0 Å². The molecule has 1 aliphatic carbocycles. The molecule has 0 amide bonds. The van der Waals surface area contributed by atoms with Crippen molar-refractivity contribution in [1.82, 2.24) is 4.98 Å². The molecule has 1 fully saturated rings.